The van der Waals surface area contributed by atoms with Crippen molar-refractivity contribution in [2.24, 2.45) is 5.92 Å². The standard InChI is InChI=1S/C16H26N2O2S/c1-4-17-12-15-7-9-18(10-8-15)21(19,20)16-6-5-13(2)11-14(16)3/h5-6,11,15,17H,4,7-10,12H2,1-3H3. The van der Waals surface area contributed by atoms with E-state index in [-0.39, 0.29) is 0 Å². The van der Waals surface area contributed by atoms with Crippen LogP contribution in [0.2, 0.25) is 0 Å². The molecule has 0 radical (unpaired) electrons. The Balaban J connectivity index is 2.08. The van der Waals surface area contributed by atoms with Crippen LogP contribution in [0.25, 0.3) is 0 Å². The Hall–Kier alpha value is -0.910. The molecule has 0 amide bonds. The second-order valence-electron chi connectivity index (χ2n) is 5.92. The summed E-state index contributed by atoms with van der Waals surface area (Å²) in [4.78, 5) is 0.457. The summed E-state index contributed by atoms with van der Waals surface area (Å²) in [7, 11) is -3.34. The molecular formula is C16H26N2O2S. The van der Waals surface area contributed by atoms with E-state index in [1.54, 1.807) is 10.4 Å². The van der Waals surface area contributed by atoms with E-state index in [0.29, 0.717) is 23.9 Å². The monoisotopic (exact) mass is 310 g/mol. The molecule has 0 saturated carbocycles. The zero-order chi connectivity index (χ0) is 15.5. The van der Waals surface area contributed by atoms with Gasteiger partial charge in [-0.1, -0.05) is 24.6 Å². The van der Waals surface area contributed by atoms with Crippen molar-refractivity contribution >= 4 is 10.0 Å². The van der Waals surface area contributed by atoms with Gasteiger partial charge in [0, 0.05) is 13.1 Å². The van der Waals surface area contributed by atoms with Crippen LogP contribution in [0.15, 0.2) is 23.1 Å². The third-order valence-corrected chi connectivity index (χ3v) is 6.26. The first-order valence-electron chi connectivity index (χ1n) is 7.73. The van der Waals surface area contributed by atoms with Crippen LogP contribution in [-0.2, 0) is 10.0 Å². The predicted molar refractivity (Wildman–Crippen MR) is 85.9 cm³/mol. The van der Waals surface area contributed by atoms with Crippen LogP contribution in [0.3, 0.4) is 0 Å². The molecule has 1 aliphatic rings. The minimum absolute atomic E-state index is 0.457. The molecule has 1 saturated heterocycles. The molecule has 0 atom stereocenters. The van der Waals surface area contributed by atoms with Gasteiger partial charge in [-0.2, -0.15) is 4.31 Å². The van der Waals surface area contributed by atoms with Crippen LogP contribution in [0.1, 0.15) is 30.9 Å². The average molecular weight is 310 g/mol. The molecule has 2 rings (SSSR count). The van der Waals surface area contributed by atoms with E-state index in [1.807, 2.05) is 26.0 Å². The highest BCUT2D eigenvalue weighted by Gasteiger charge is 2.30. The van der Waals surface area contributed by atoms with E-state index in [4.69, 9.17) is 0 Å². The first-order chi connectivity index (χ1) is 9.95. The average Bonchev–Trinajstić information content (AvgIpc) is 2.45. The summed E-state index contributed by atoms with van der Waals surface area (Å²) in [5, 5.41) is 3.35. The number of aryl methyl sites for hydroxylation is 2. The van der Waals surface area contributed by atoms with Gasteiger partial charge in [0.05, 0.1) is 4.90 Å². The van der Waals surface area contributed by atoms with Gasteiger partial charge in [-0.25, -0.2) is 8.42 Å². The number of nitrogens with zero attached hydrogens (tertiary/aromatic N) is 1. The van der Waals surface area contributed by atoms with Gasteiger partial charge in [-0.15, -0.1) is 0 Å². The fourth-order valence-corrected chi connectivity index (χ4v) is 4.61. The van der Waals surface area contributed by atoms with Gasteiger partial charge >= 0.3 is 0 Å². The molecule has 1 aromatic rings. The maximum atomic E-state index is 12.8. The third-order valence-electron chi connectivity index (χ3n) is 4.20. The molecule has 0 aromatic heterocycles. The second kappa shape index (κ2) is 6.90. The fourth-order valence-electron chi connectivity index (χ4n) is 2.93. The van der Waals surface area contributed by atoms with Gasteiger partial charge in [0.2, 0.25) is 10.0 Å². The molecule has 1 heterocycles. The lowest BCUT2D eigenvalue weighted by atomic mass is 9.98. The molecule has 118 valence electrons. The molecule has 4 nitrogen and oxygen atoms in total. The summed E-state index contributed by atoms with van der Waals surface area (Å²) in [5.41, 5.74) is 1.93. The SMILES string of the molecule is CCNCC1CCN(S(=O)(=O)c2ccc(C)cc2C)CC1. The molecule has 21 heavy (non-hydrogen) atoms. The molecule has 0 unspecified atom stereocenters. The molecule has 0 bridgehead atoms. The van der Waals surface area contributed by atoms with E-state index < -0.39 is 10.0 Å². The zero-order valence-corrected chi connectivity index (χ0v) is 14.0. The lowest BCUT2D eigenvalue weighted by Gasteiger charge is -2.31. The Kier molecular flexibility index (Phi) is 5.41. The van der Waals surface area contributed by atoms with Crippen molar-refractivity contribution < 1.29 is 8.42 Å². The van der Waals surface area contributed by atoms with Crippen LogP contribution in [0.5, 0.6) is 0 Å². The molecule has 5 heteroatoms. The van der Waals surface area contributed by atoms with E-state index in [2.05, 4.69) is 12.2 Å². The Morgan fingerprint density at radius 2 is 1.90 bits per heavy atom. The fraction of sp³-hybridized carbons (Fsp3) is 0.625. The first-order valence-corrected chi connectivity index (χ1v) is 9.17. The molecule has 1 N–H and O–H groups in total. The molecule has 1 fully saturated rings. The lowest BCUT2D eigenvalue weighted by molar-refractivity contribution is 0.268. The number of sulfonamides is 1. The van der Waals surface area contributed by atoms with E-state index >= 15 is 0 Å². The molecule has 0 aliphatic carbocycles. The number of hydrogen-bond donors (Lipinski definition) is 1. The van der Waals surface area contributed by atoms with Crippen molar-refractivity contribution in [2.45, 2.75) is 38.5 Å². The second-order valence-corrected chi connectivity index (χ2v) is 7.83. The van der Waals surface area contributed by atoms with Crippen LogP contribution in [0.4, 0.5) is 0 Å². The van der Waals surface area contributed by atoms with Gasteiger partial charge in [-0.05, 0) is 57.3 Å². The van der Waals surface area contributed by atoms with Gasteiger partial charge in [0.25, 0.3) is 0 Å². The highest BCUT2D eigenvalue weighted by Crippen LogP contribution is 2.25. The minimum Gasteiger partial charge on any atom is -0.317 e. The molecule has 1 aromatic carbocycles. The van der Waals surface area contributed by atoms with Crippen molar-refractivity contribution in [1.29, 1.82) is 0 Å². The quantitative estimate of drug-likeness (QED) is 0.908. The molecule has 1 aliphatic heterocycles. The van der Waals surface area contributed by atoms with Gasteiger partial charge in [0.15, 0.2) is 0 Å². The number of nitrogens with one attached hydrogen (secondary N) is 1. The maximum Gasteiger partial charge on any atom is 0.243 e. The highest BCUT2D eigenvalue weighted by atomic mass is 32.2. The molecule has 0 spiro atoms. The van der Waals surface area contributed by atoms with Crippen LogP contribution >= 0.6 is 0 Å². The third kappa shape index (κ3) is 3.84. The van der Waals surface area contributed by atoms with Gasteiger partial charge in [-0.3, -0.25) is 0 Å². The van der Waals surface area contributed by atoms with Crippen LogP contribution in [-0.4, -0.2) is 38.9 Å². The predicted octanol–water partition coefficient (Wildman–Crippen LogP) is 2.31. The number of benzene rings is 1. The lowest BCUT2D eigenvalue weighted by Crippen LogP contribution is -2.40. The van der Waals surface area contributed by atoms with E-state index in [1.165, 1.54) is 0 Å². The zero-order valence-electron chi connectivity index (χ0n) is 13.2. The Bertz CT molecular complexity index is 576. The highest BCUT2D eigenvalue weighted by molar-refractivity contribution is 7.89. The Morgan fingerprint density at radius 1 is 1.24 bits per heavy atom. The number of hydrogen-bond acceptors (Lipinski definition) is 3. The van der Waals surface area contributed by atoms with Crippen molar-refractivity contribution in [2.75, 3.05) is 26.2 Å². The normalized spacial score (nSPS) is 18.0. The largest absolute Gasteiger partial charge is 0.317 e. The van der Waals surface area contributed by atoms with Crippen molar-refractivity contribution in [3.8, 4) is 0 Å². The summed E-state index contributed by atoms with van der Waals surface area (Å²) in [5.74, 6) is 0.593. The summed E-state index contributed by atoms with van der Waals surface area (Å²) >= 11 is 0. The maximum absolute atomic E-state index is 12.8. The van der Waals surface area contributed by atoms with Crippen molar-refractivity contribution in [3.63, 3.8) is 0 Å². The number of rotatable bonds is 5. The van der Waals surface area contributed by atoms with Crippen molar-refractivity contribution in [1.82, 2.24) is 9.62 Å². The van der Waals surface area contributed by atoms with Crippen LogP contribution in [0, 0.1) is 19.8 Å². The minimum atomic E-state index is -3.34. The summed E-state index contributed by atoms with van der Waals surface area (Å²) in [6.45, 7) is 9.18. The van der Waals surface area contributed by atoms with Gasteiger partial charge in [0.1, 0.15) is 0 Å². The van der Waals surface area contributed by atoms with Crippen LogP contribution < -0.4 is 5.32 Å². The van der Waals surface area contributed by atoms with Crippen molar-refractivity contribution in [3.05, 3.63) is 29.3 Å². The topological polar surface area (TPSA) is 49.4 Å². The van der Waals surface area contributed by atoms with E-state index in [0.717, 1.165) is 37.1 Å². The van der Waals surface area contributed by atoms with Gasteiger partial charge < -0.3 is 5.32 Å². The first kappa shape index (κ1) is 16.5. The molecular weight excluding hydrogens is 284 g/mol. The summed E-state index contributed by atoms with van der Waals surface area (Å²) in [6, 6.07) is 5.55. The summed E-state index contributed by atoms with van der Waals surface area (Å²) < 4.78 is 27.1. The smallest absolute Gasteiger partial charge is 0.243 e. The van der Waals surface area contributed by atoms with E-state index in [9.17, 15) is 8.42 Å². The summed E-state index contributed by atoms with van der Waals surface area (Å²) in [6.07, 6.45) is 1.88. The Morgan fingerprint density at radius 3 is 2.48 bits per heavy atom. The Labute approximate surface area is 128 Å². The number of piperidine rings is 1.